The molecule has 3 aliphatic rings. The first-order valence-electron chi connectivity index (χ1n) is 11.4. The molecule has 0 atom stereocenters. The molecule has 0 N–H and O–H groups in total. The lowest BCUT2D eigenvalue weighted by Crippen LogP contribution is -2.47. The zero-order chi connectivity index (χ0) is 20.9. The van der Waals surface area contributed by atoms with Crippen LogP contribution in [0.2, 0.25) is 0 Å². The van der Waals surface area contributed by atoms with Gasteiger partial charge in [-0.15, -0.1) is 0 Å². The Kier molecular flexibility index (Phi) is 6.87. The molecule has 0 bridgehead atoms. The molecule has 2 aliphatic heterocycles. The van der Waals surface area contributed by atoms with Crippen LogP contribution in [-0.2, 0) is 9.59 Å². The van der Waals surface area contributed by atoms with Gasteiger partial charge in [0.2, 0.25) is 11.8 Å². The molecule has 0 unspecified atom stereocenters. The molecule has 30 heavy (non-hydrogen) atoms. The third-order valence-corrected chi connectivity index (χ3v) is 6.47. The molecule has 7 heteroatoms. The van der Waals surface area contributed by atoms with Crippen molar-refractivity contribution in [3.63, 3.8) is 0 Å². The number of imide groups is 1. The summed E-state index contributed by atoms with van der Waals surface area (Å²) in [5.41, 5.74) is 0.853. The van der Waals surface area contributed by atoms with Gasteiger partial charge < -0.3 is 9.64 Å². The maximum Gasteiger partial charge on any atom is 0.229 e. The molecule has 1 aliphatic carbocycles. The lowest BCUT2D eigenvalue weighted by atomic mass is 10.1. The van der Waals surface area contributed by atoms with Gasteiger partial charge in [0.25, 0.3) is 0 Å². The Morgan fingerprint density at radius 2 is 1.63 bits per heavy atom. The van der Waals surface area contributed by atoms with E-state index in [-0.39, 0.29) is 23.7 Å². The molecule has 0 spiro atoms. The van der Waals surface area contributed by atoms with Crippen molar-refractivity contribution >= 4 is 17.5 Å². The average molecular weight is 418 g/mol. The van der Waals surface area contributed by atoms with E-state index in [0.29, 0.717) is 25.8 Å². The quantitative estimate of drug-likeness (QED) is 0.638. The molecule has 0 radical (unpaired) electrons. The van der Waals surface area contributed by atoms with Gasteiger partial charge in [0.1, 0.15) is 11.6 Å². The molecule has 2 heterocycles. The van der Waals surface area contributed by atoms with E-state index in [9.17, 15) is 14.0 Å². The minimum Gasteiger partial charge on any atom is -0.488 e. The molecule has 3 fully saturated rings. The van der Waals surface area contributed by atoms with E-state index in [0.717, 1.165) is 63.4 Å². The first kappa shape index (κ1) is 21.1. The highest BCUT2D eigenvalue weighted by Gasteiger charge is 2.26. The number of carbonyl (C=O) groups excluding carboxylic acids is 2. The predicted molar refractivity (Wildman–Crippen MR) is 113 cm³/mol. The highest BCUT2D eigenvalue weighted by atomic mass is 19.1. The number of ether oxygens (including phenoxy) is 1. The van der Waals surface area contributed by atoms with E-state index in [1.807, 2.05) is 0 Å². The van der Waals surface area contributed by atoms with Crippen LogP contribution in [0.25, 0.3) is 0 Å². The van der Waals surface area contributed by atoms with Crippen molar-refractivity contribution in [2.75, 3.05) is 44.2 Å². The summed E-state index contributed by atoms with van der Waals surface area (Å²) in [4.78, 5) is 29.8. The molecular formula is C23H32FN3O3. The van der Waals surface area contributed by atoms with Crippen LogP contribution in [0.15, 0.2) is 18.2 Å². The van der Waals surface area contributed by atoms with E-state index in [4.69, 9.17) is 4.74 Å². The van der Waals surface area contributed by atoms with Crippen LogP contribution in [0, 0.1) is 5.82 Å². The van der Waals surface area contributed by atoms with E-state index in [1.54, 1.807) is 12.1 Å². The predicted octanol–water partition coefficient (Wildman–Crippen LogP) is 3.20. The summed E-state index contributed by atoms with van der Waals surface area (Å²) >= 11 is 0. The number of rotatable bonds is 7. The summed E-state index contributed by atoms with van der Waals surface area (Å²) in [6, 6.07) is 4.84. The van der Waals surface area contributed by atoms with Crippen molar-refractivity contribution in [3.8, 4) is 5.75 Å². The molecule has 1 aromatic carbocycles. The number of carbonyl (C=O) groups is 2. The second kappa shape index (κ2) is 9.77. The second-order valence-electron chi connectivity index (χ2n) is 8.61. The average Bonchev–Trinajstić information content (AvgIpc) is 3.25. The van der Waals surface area contributed by atoms with Gasteiger partial charge in [-0.2, -0.15) is 0 Å². The Bertz CT molecular complexity index is 742. The van der Waals surface area contributed by atoms with Gasteiger partial charge in [0.05, 0.1) is 11.8 Å². The Balaban J connectivity index is 1.27. The highest BCUT2D eigenvalue weighted by Crippen LogP contribution is 2.33. The molecule has 1 saturated carbocycles. The summed E-state index contributed by atoms with van der Waals surface area (Å²) in [7, 11) is 0. The van der Waals surface area contributed by atoms with E-state index in [1.165, 1.54) is 23.8 Å². The van der Waals surface area contributed by atoms with Crippen LogP contribution in [0.1, 0.15) is 51.4 Å². The summed E-state index contributed by atoms with van der Waals surface area (Å²) < 4.78 is 20.1. The monoisotopic (exact) mass is 417 g/mol. The van der Waals surface area contributed by atoms with Crippen LogP contribution >= 0.6 is 0 Å². The smallest absolute Gasteiger partial charge is 0.229 e. The lowest BCUT2D eigenvalue weighted by molar-refractivity contribution is -0.148. The van der Waals surface area contributed by atoms with Crippen molar-refractivity contribution in [2.45, 2.75) is 57.5 Å². The fourth-order valence-corrected chi connectivity index (χ4v) is 4.74. The standard InChI is InChI=1S/C23H32FN3O3/c24-18-9-10-21(30-19-5-1-2-6-19)20(17-18)26-15-13-25(14-16-26)11-4-12-27-22(28)7-3-8-23(27)29/h9-10,17,19H,1-8,11-16H2. The van der Waals surface area contributed by atoms with Crippen molar-refractivity contribution in [2.24, 2.45) is 0 Å². The number of benzene rings is 1. The van der Waals surface area contributed by atoms with Gasteiger partial charge in [-0.05, 0) is 57.2 Å². The molecule has 2 amide bonds. The normalized spacial score (nSPS) is 21.5. The van der Waals surface area contributed by atoms with Crippen LogP contribution < -0.4 is 9.64 Å². The number of amides is 2. The van der Waals surface area contributed by atoms with E-state index < -0.39 is 0 Å². The van der Waals surface area contributed by atoms with Crippen molar-refractivity contribution in [3.05, 3.63) is 24.0 Å². The number of nitrogens with zero attached hydrogens (tertiary/aromatic N) is 3. The van der Waals surface area contributed by atoms with Crippen molar-refractivity contribution in [1.82, 2.24) is 9.80 Å². The van der Waals surface area contributed by atoms with Crippen LogP contribution in [0.5, 0.6) is 5.75 Å². The van der Waals surface area contributed by atoms with Crippen molar-refractivity contribution in [1.29, 1.82) is 0 Å². The zero-order valence-electron chi connectivity index (χ0n) is 17.7. The molecule has 6 nitrogen and oxygen atoms in total. The van der Waals surface area contributed by atoms with Crippen LogP contribution in [0.3, 0.4) is 0 Å². The minimum atomic E-state index is -0.234. The Labute approximate surface area is 177 Å². The fraction of sp³-hybridized carbons (Fsp3) is 0.652. The number of hydrogen-bond donors (Lipinski definition) is 0. The molecule has 1 aromatic rings. The number of anilines is 1. The molecule has 4 rings (SSSR count). The Morgan fingerprint density at radius 3 is 2.33 bits per heavy atom. The van der Waals surface area contributed by atoms with Crippen LogP contribution in [0.4, 0.5) is 10.1 Å². The van der Waals surface area contributed by atoms with E-state index >= 15 is 0 Å². The van der Waals surface area contributed by atoms with Gasteiger partial charge in [-0.1, -0.05) is 0 Å². The van der Waals surface area contributed by atoms with Gasteiger partial charge in [0.15, 0.2) is 0 Å². The maximum absolute atomic E-state index is 13.9. The fourth-order valence-electron chi connectivity index (χ4n) is 4.74. The molecule has 0 aromatic heterocycles. The van der Waals surface area contributed by atoms with Crippen LogP contribution in [-0.4, -0.2) is 67.0 Å². The van der Waals surface area contributed by atoms with Crippen molar-refractivity contribution < 1.29 is 18.7 Å². The summed E-state index contributed by atoms with van der Waals surface area (Å²) in [5.74, 6) is 0.495. The molecule has 164 valence electrons. The summed E-state index contributed by atoms with van der Waals surface area (Å²) in [5, 5.41) is 0. The third kappa shape index (κ3) is 5.12. The largest absolute Gasteiger partial charge is 0.488 e. The van der Waals surface area contributed by atoms with E-state index in [2.05, 4.69) is 9.80 Å². The van der Waals surface area contributed by atoms with Gasteiger partial charge in [-0.25, -0.2) is 4.39 Å². The number of piperidine rings is 1. The number of likely N-dealkylation sites (tertiary alicyclic amines) is 1. The first-order valence-corrected chi connectivity index (χ1v) is 11.4. The molecular weight excluding hydrogens is 385 g/mol. The molecule has 2 saturated heterocycles. The SMILES string of the molecule is O=C1CCCC(=O)N1CCCN1CCN(c2cc(F)ccc2OC2CCCC2)CC1. The van der Waals surface area contributed by atoms with Gasteiger partial charge in [-0.3, -0.25) is 19.4 Å². The summed E-state index contributed by atoms with van der Waals surface area (Å²) in [6.07, 6.45) is 7.26. The third-order valence-electron chi connectivity index (χ3n) is 6.47. The van der Waals surface area contributed by atoms with Gasteiger partial charge in [0, 0.05) is 51.6 Å². The number of halogens is 1. The maximum atomic E-state index is 13.9. The topological polar surface area (TPSA) is 53.1 Å². The Hall–Kier alpha value is -2.15. The number of piperazine rings is 1. The zero-order valence-corrected chi connectivity index (χ0v) is 17.7. The number of hydrogen-bond acceptors (Lipinski definition) is 5. The first-order chi connectivity index (χ1) is 14.6. The van der Waals surface area contributed by atoms with Gasteiger partial charge >= 0.3 is 0 Å². The Morgan fingerprint density at radius 1 is 0.933 bits per heavy atom. The minimum absolute atomic E-state index is 0.0306. The second-order valence-corrected chi connectivity index (χ2v) is 8.61. The summed E-state index contributed by atoms with van der Waals surface area (Å²) in [6.45, 7) is 4.75. The lowest BCUT2D eigenvalue weighted by Gasteiger charge is -2.37. The highest BCUT2D eigenvalue weighted by molar-refractivity contribution is 5.97.